The van der Waals surface area contributed by atoms with Crippen molar-refractivity contribution in [2.24, 2.45) is 0 Å². The fraction of sp³-hybridized carbons (Fsp3) is 0.440. The zero-order valence-electron chi connectivity index (χ0n) is 18.9. The smallest absolute Gasteiger partial charge is 0.237 e. The van der Waals surface area contributed by atoms with Crippen LogP contribution in [-0.4, -0.2) is 55.0 Å². The Balaban J connectivity index is 1.24. The Morgan fingerprint density at radius 2 is 1.82 bits per heavy atom. The second-order valence-corrected chi connectivity index (χ2v) is 8.72. The number of rotatable bonds is 9. The van der Waals surface area contributed by atoms with Crippen molar-refractivity contribution in [3.63, 3.8) is 0 Å². The van der Waals surface area contributed by atoms with Crippen LogP contribution in [0.1, 0.15) is 30.4 Å². The van der Waals surface area contributed by atoms with E-state index in [1.165, 1.54) is 12.1 Å². The van der Waals surface area contributed by atoms with Crippen LogP contribution < -0.4 is 20.7 Å². The quantitative estimate of drug-likeness (QED) is 0.540. The number of ether oxygens (including phenoxy) is 1. The van der Waals surface area contributed by atoms with Gasteiger partial charge >= 0.3 is 0 Å². The maximum absolute atomic E-state index is 13.1. The van der Waals surface area contributed by atoms with Gasteiger partial charge in [-0.1, -0.05) is 24.3 Å². The van der Waals surface area contributed by atoms with E-state index in [2.05, 4.69) is 20.9 Å². The minimum atomic E-state index is -0.246. The SMILES string of the molecule is COc1ccc(CNC(=O)CC[C@@H]2CNC(=O)[C@@H]3C[C@H](NCc4ccc(F)cc4)CN23)cc1. The highest BCUT2D eigenvalue weighted by Crippen LogP contribution is 2.26. The third-order valence-corrected chi connectivity index (χ3v) is 6.48. The number of amides is 2. The molecular weight excluding hydrogens is 423 g/mol. The predicted molar refractivity (Wildman–Crippen MR) is 123 cm³/mol. The Hall–Kier alpha value is -2.97. The van der Waals surface area contributed by atoms with E-state index in [1.54, 1.807) is 19.2 Å². The fourth-order valence-electron chi connectivity index (χ4n) is 4.59. The summed E-state index contributed by atoms with van der Waals surface area (Å²) in [4.78, 5) is 27.1. The van der Waals surface area contributed by atoms with E-state index in [0.717, 1.165) is 29.8 Å². The molecule has 3 N–H and O–H groups in total. The number of nitrogens with one attached hydrogen (secondary N) is 3. The summed E-state index contributed by atoms with van der Waals surface area (Å²) in [5.74, 6) is 0.602. The van der Waals surface area contributed by atoms with Crippen molar-refractivity contribution < 1.29 is 18.7 Å². The molecule has 176 valence electrons. The molecule has 0 aromatic heterocycles. The Kier molecular flexibility index (Phi) is 7.57. The summed E-state index contributed by atoms with van der Waals surface area (Å²) < 4.78 is 18.3. The monoisotopic (exact) mass is 454 g/mol. The van der Waals surface area contributed by atoms with E-state index in [9.17, 15) is 14.0 Å². The van der Waals surface area contributed by atoms with Gasteiger partial charge in [0.1, 0.15) is 11.6 Å². The molecule has 2 fully saturated rings. The second kappa shape index (κ2) is 10.8. The number of carbonyl (C=O) groups is 2. The van der Waals surface area contributed by atoms with E-state index in [4.69, 9.17) is 4.74 Å². The minimum Gasteiger partial charge on any atom is -0.497 e. The van der Waals surface area contributed by atoms with Crippen LogP contribution in [0.4, 0.5) is 4.39 Å². The lowest BCUT2D eigenvalue weighted by atomic mass is 10.0. The van der Waals surface area contributed by atoms with E-state index in [0.29, 0.717) is 32.5 Å². The van der Waals surface area contributed by atoms with Crippen LogP contribution >= 0.6 is 0 Å². The lowest BCUT2D eigenvalue weighted by Gasteiger charge is -2.37. The molecule has 3 atom stereocenters. The van der Waals surface area contributed by atoms with Gasteiger partial charge in [0.05, 0.1) is 13.2 Å². The van der Waals surface area contributed by atoms with Gasteiger partial charge in [-0.25, -0.2) is 4.39 Å². The van der Waals surface area contributed by atoms with Crippen molar-refractivity contribution in [3.8, 4) is 5.75 Å². The summed E-state index contributed by atoms with van der Waals surface area (Å²) in [7, 11) is 1.62. The topological polar surface area (TPSA) is 82.7 Å². The molecule has 7 nitrogen and oxygen atoms in total. The molecule has 0 radical (unpaired) electrons. The van der Waals surface area contributed by atoms with Crippen LogP contribution in [0.3, 0.4) is 0 Å². The molecule has 2 heterocycles. The van der Waals surface area contributed by atoms with Crippen molar-refractivity contribution in [1.82, 2.24) is 20.9 Å². The number of hydrogen-bond donors (Lipinski definition) is 3. The van der Waals surface area contributed by atoms with E-state index < -0.39 is 0 Å². The summed E-state index contributed by atoms with van der Waals surface area (Å²) in [6.45, 7) is 2.43. The fourth-order valence-corrected chi connectivity index (χ4v) is 4.59. The van der Waals surface area contributed by atoms with Crippen molar-refractivity contribution in [1.29, 1.82) is 0 Å². The van der Waals surface area contributed by atoms with Gasteiger partial charge in [-0.3, -0.25) is 14.5 Å². The summed E-state index contributed by atoms with van der Waals surface area (Å²) in [6, 6.07) is 14.2. The van der Waals surface area contributed by atoms with Crippen LogP contribution in [0, 0.1) is 5.82 Å². The molecular formula is C25H31FN4O3. The minimum absolute atomic E-state index is 0.00412. The van der Waals surface area contributed by atoms with Gasteiger partial charge in [0.2, 0.25) is 11.8 Å². The van der Waals surface area contributed by atoms with Crippen LogP contribution in [0.15, 0.2) is 48.5 Å². The van der Waals surface area contributed by atoms with Crippen LogP contribution in [0.2, 0.25) is 0 Å². The maximum atomic E-state index is 13.1. The Bertz CT molecular complexity index is 951. The van der Waals surface area contributed by atoms with E-state index in [1.807, 2.05) is 24.3 Å². The van der Waals surface area contributed by atoms with Gasteiger partial charge in [-0.2, -0.15) is 0 Å². The molecule has 2 aromatic rings. The van der Waals surface area contributed by atoms with E-state index in [-0.39, 0.29) is 35.8 Å². The molecule has 2 aliphatic heterocycles. The van der Waals surface area contributed by atoms with E-state index >= 15 is 0 Å². The molecule has 0 unspecified atom stereocenters. The Labute approximate surface area is 193 Å². The van der Waals surface area contributed by atoms with Gasteiger partial charge < -0.3 is 20.7 Å². The Morgan fingerprint density at radius 3 is 2.55 bits per heavy atom. The highest BCUT2D eigenvalue weighted by atomic mass is 19.1. The average Bonchev–Trinajstić information content (AvgIpc) is 3.28. The maximum Gasteiger partial charge on any atom is 0.237 e. The third kappa shape index (κ3) is 6.09. The number of halogens is 1. The van der Waals surface area contributed by atoms with Crippen molar-refractivity contribution in [2.45, 2.75) is 50.5 Å². The molecule has 2 aromatic carbocycles. The standard InChI is InChI=1S/C25H31FN4O3/c1-33-22-9-4-18(5-10-22)14-28-24(31)11-8-21-15-29-25(32)23-12-20(16-30(21)23)27-13-17-2-6-19(26)7-3-17/h2-7,9-10,20-21,23,27H,8,11-16H2,1H3,(H,28,31)(H,29,32)/t20-,21+,23-/m0/s1. The molecule has 0 spiro atoms. The number of nitrogens with zero attached hydrogens (tertiary/aromatic N) is 1. The molecule has 0 saturated carbocycles. The lowest BCUT2D eigenvalue weighted by Crippen LogP contribution is -2.58. The predicted octanol–water partition coefficient (Wildman–Crippen LogP) is 1.96. The van der Waals surface area contributed by atoms with Gasteiger partial charge in [0, 0.05) is 44.7 Å². The number of carbonyl (C=O) groups excluding carboxylic acids is 2. The number of methoxy groups -OCH3 is 1. The first-order valence-corrected chi connectivity index (χ1v) is 11.4. The number of piperazine rings is 1. The number of fused-ring (bicyclic) bond motifs is 1. The zero-order valence-corrected chi connectivity index (χ0v) is 18.9. The van der Waals surface area contributed by atoms with Crippen LogP contribution in [0.25, 0.3) is 0 Å². The van der Waals surface area contributed by atoms with Gasteiger partial charge in [-0.05, 0) is 48.2 Å². The van der Waals surface area contributed by atoms with Crippen LogP contribution in [-0.2, 0) is 22.7 Å². The first-order chi connectivity index (χ1) is 16.0. The van der Waals surface area contributed by atoms with Crippen molar-refractivity contribution in [2.75, 3.05) is 20.2 Å². The largest absolute Gasteiger partial charge is 0.497 e. The molecule has 4 rings (SSSR count). The molecule has 2 amide bonds. The molecule has 0 aliphatic carbocycles. The summed E-state index contributed by atoms with van der Waals surface area (Å²) in [5.41, 5.74) is 2.03. The number of benzene rings is 2. The molecule has 0 bridgehead atoms. The second-order valence-electron chi connectivity index (χ2n) is 8.72. The summed E-state index contributed by atoms with van der Waals surface area (Å²) in [6.07, 6.45) is 1.83. The summed E-state index contributed by atoms with van der Waals surface area (Å²) >= 11 is 0. The highest BCUT2D eigenvalue weighted by Gasteiger charge is 2.43. The highest BCUT2D eigenvalue weighted by molar-refractivity contribution is 5.83. The normalized spacial score (nSPS) is 22.5. The zero-order chi connectivity index (χ0) is 23.2. The first kappa shape index (κ1) is 23.2. The van der Waals surface area contributed by atoms with Gasteiger partial charge in [-0.15, -0.1) is 0 Å². The van der Waals surface area contributed by atoms with Crippen molar-refractivity contribution in [3.05, 3.63) is 65.5 Å². The molecule has 33 heavy (non-hydrogen) atoms. The van der Waals surface area contributed by atoms with Crippen LogP contribution in [0.5, 0.6) is 5.75 Å². The molecule has 2 saturated heterocycles. The van der Waals surface area contributed by atoms with Gasteiger partial charge in [0.25, 0.3) is 0 Å². The molecule has 8 heteroatoms. The first-order valence-electron chi connectivity index (χ1n) is 11.4. The number of hydrogen-bond acceptors (Lipinski definition) is 5. The van der Waals surface area contributed by atoms with Gasteiger partial charge in [0.15, 0.2) is 0 Å². The Morgan fingerprint density at radius 1 is 1.12 bits per heavy atom. The third-order valence-electron chi connectivity index (χ3n) is 6.48. The average molecular weight is 455 g/mol. The lowest BCUT2D eigenvalue weighted by molar-refractivity contribution is -0.129. The summed E-state index contributed by atoms with van der Waals surface area (Å²) in [5, 5.41) is 9.47. The molecule has 2 aliphatic rings. The van der Waals surface area contributed by atoms with Crippen molar-refractivity contribution >= 4 is 11.8 Å².